The van der Waals surface area contributed by atoms with Crippen LogP contribution in [0, 0.1) is 5.82 Å². The normalized spacial score (nSPS) is 10.7. The average Bonchev–Trinajstić information content (AvgIpc) is 2.20. The van der Waals surface area contributed by atoms with Gasteiger partial charge >= 0.3 is 0 Å². The first-order valence-electron chi connectivity index (χ1n) is 4.22. The van der Waals surface area contributed by atoms with Crippen molar-refractivity contribution in [1.82, 2.24) is 4.40 Å². The van der Waals surface area contributed by atoms with Crippen molar-refractivity contribution in [1.29, 1.82) is 0 Å². The Labute approximate surface area is 79.6 Å². The average molecular weight is 192 g/mol. The summed E-state index contributed by atoms with van der Waals surface area (Å²) in [5.41, 5.74) is 6.25. The predicted octanol–water partition coefficient (Wildman–Crippen LogP) is 0.897. The van der Waals surface area contributed by atoms with Gasteiger partial charge in [0.2, 0.25) is 0 Å². The van der Waals surface area contributed by atoms with Gasteiger partial charge in [0, 0.05) is 23.8 Å². The molecule has 2 rings (SSSR count). The number of fused-ring (bicyclic) bond motifs is 1. The van der Waals surface area contributed by atoms with Crippen molar-refractivity contribution in [2.75, 3.05) is 0 Å². The molecule has 0 saturated heterocycles. The van der Waals surface area contributed by atoms with E-state index in [4.69, 9.17) is 5.73 Å². The molecule has 2 heterocycles. The van der Waals surface area contributed by atoms with Gasteiger partial charge in [-0.15, -0.1) is 0 Å². The Morgan fingerprint density at radius 1 is 1.29 bits per heavy atom. The summed E-state index contributed by atoms with van der Waals surface area (Å²) in [6, 6.07) is 6.27. The third kappa shape index (κ3) is 1.29. The molecule has 0 aromatic carbocycles. The third-order valence-corrected chi connectivity index (χ3v) is 2.11. The van der Waals surface area contributed by atoms with E-state index < -0.39 is 5.82 Å². The lowest BCUT2D eigenvalue weighted by Crippen LogP contribution is -2.20. The SMILES string of the molecule is NCc1ccc2ccc(F)cn2c1=O. The highest BCUT2D eigenvalue weighted by molar-refractivity contribution is 5.47. The minimum atomic E-state index is -0.436. The smallest absolute Gasteiger partial charge is 0.259 e. The number of hydrogen-bond donors (Lipinski definition) is 1. The van der Waals surface area contributed by atoms with E-state index in [2.05, 4.69) is 0 Å². The fourth-order valence-corrected chi connectivity index (χ4v) is 1.37. The zero-order valence-corrected chi connectivity index (χ0v) is 7.40. The maximum absolute atomic E-state index is 12.9. The van der Waals surface area contributed by atoms with E-state index in [1.54, 1.807) is 18.2 Å². The van der Waals surface area contributed by atoms with E-state index in [1.165, 1.54) is 10.5 Å². The Morgan fingerprint density at radius 2 is 2.00 bits per heavy atom. The molecular formula is C10H9FN2O. The fourth-order valence-electron chi connectivity index (χ4n) is 1.37. The molecule has 0 atom stereocenters. The van der Waals surface area contributed by atoms with Gasteiger partial charge in [0.1, 0.15) is 5.82 Å². The number of aromatic nitrogens is 1. The Balaban J connectivity index is 2.87. The molecule has 72 valence electrons. The topological polar surface area (TPSA) is 47.5 Å². The van der Waals surface area contributed by atoms with Crippen molar-refractivity contribution in [3.63, 3.8) is 0 Å². The van der Waals surface area contributed by atoms with Gasteiger partial charge in [-0.05, 0) is 18.2 Å². The van der Waals surface area contributed by atoms with Gasteiger partial charge in [-0.2, -0.15) is 0 Å². The van der Waals surface area contributed by atoms with E-state index in [1.807, 2.05) is 0 Å². The standard InChI is InChI=1S/C10H9FN2O/c11-8-2-4-9-3-1-7(5-12)10(14)13(9)6-8/h1-4,6H,5,12H2. The molecule has 2 aromatic rings. The molecule has 0 aliphatic rings. The maximum Gasteiger partial charge on any atom is 0.259 e. The number of pyridine rings is 2. The van der Waals surface area contributed by atoms with Crippen molar-refractivity contribution in [2.24, 2.45) is 5.73 Å². The van der Waals surface area contributed by atoms with Crippen molar-refractivity contribution >= 4 is 5.52 Å². The minimum absolute atomic E-state index is 0.165. The molecule has 0 spiro atoms. The van der Waals surface area contributed by atoms with Crippen LogP contribution in [0.1, 0.15) is 5.56 Å². The van der Waals surface area contributed by atoms with E-state index in [9.17, 15) is 9.18 Å². The number of rotatable bonds is 1. The van der Waals surface area contributed by atoms with Crippen molar-refractivity contribution in [3.8, 4) is 0 Å². The number of halogens is 1. The molecule has 2 aromatic heterocycles. The van der Waals surface area contributed by atoms with Crippen LogP contribution in [-0.2, 0) is 6.54 Å². The molecule has 0 saturated carbocycles. The monoisotopic (exact) mass is 192 g/mol. The Kier molecular flexibility index (Phi) is 2.05. The lowest BCUT2D eigenvalue weighted by Gasteiger charge is -2.02. The van der Waals surface area contributed by atoms with Gasteiger partial charge in [-0.1, -0.05) is 6.07 Å². The van der Waals surface area contributed by atoms with E-state index >= 15 is 0 Å². The first kappa shape index (κ1) is 8.90. The Hall–Kier alpha value is -1.68. The molecule has 3 nitrogen and oxygen atoms in total. The highest BCUT2D eigenvalue weighted by Crippen LogP contribution is 2.03. The van der Waals surface area contributed by atoms with E-state index in [-0.39, 0.29) is 12.1 Å². The zero-order valence-electron chi connectivity index (χ0n) is 7.40. The number of hydrogen-bond acceptors (Lipinski definition) is 2. The maximum atomic E-state index is 12.9. The zero-order chi connectivity index (χ0) is 10.1. The molecule has 14 heavy (non-hydrogen) atoms. The number of nitrogens with zero attached hydrogens (tertiary/aromatic N) is 1. The van der Waals surface area contributed by atoms with E-state index in [0.29, 0.717) is 11.1 Å². The lowest BCUT2D eigenvalue weighted by atomic mass is 10.2. The van der Waals surface area contributed by atoms with Crippen molar-refractivity contribution < 1.29 is 4.39 Å². The lowest BCUT2D eigenvalue weighted by molar-refractivity contribution is 0.617. The minimum Gasteiger partial charge on any atom is -0.326 e. The summed E-state index contributed by atoms with van der Waals surface area (Å²) >= 11 is 0. The molecule has 0 bridgehead atoms. The van der Waals surface area contributed by atoms with E-state index in [0.717, 1.165) is 6.20 Å². The summed E-state index contributed by atoms with van der Waals surface area (Å²) in [5.74, 6) is -0.436. The third-order valence-electron chi connectivity index (χ3n) is 2.11. The predicted molar refractivity (Wildman–Crippen MR) is 51.5 cm³/mol. The van der Waals surface area contributed by atoms with Gasteiger partial charge in [0.15, 0.2) is 0 Å². The second-order valence-corrected chi connectivity index (χ2v) is 3.01. The van der Waals surface area contributed by atoms with Crippen molar-refractivity contribution in [3.05, 3.63) is 52.2 Å². The molecule has 0 unspecified atom stereocenters. The molecule has 4 heteroatoms. The Morgan fingerprint density at radius 3 is 2.71 bits per heavy atom. The van der Waals surface area contributed by atoms with Crippen LogP contribution < -0.4 is 11.3 Å². The van der Waals surface area contributed by atoms with Gasteiger partial charge in [-0.3, -0.25) is 9.20 Å². The van der Waals surface area contributed by atoms with Crippen LogP contribution in [0.5, 0.6) is 0 Å². The molecular weight excluding hydrogens is 183 g/mol. The highest BCUT2D eigenvalue weighted by atomic mass is 19.1. The van der Waals surface area contributed by atoms with Crippen LogP contribution in [0.15, 0.2) is 35.3 Å². The summed E-state index contributed by atoms with van der Waals surface area (Å²) in [7, 11) is 0. The molecule has 0 aliphatic carbocycles. The van der Waals surface area contributed by atoms with Crippen molar-refractivity contribution in [2.45, 2.75) is 6.54 Å². The highest BCUT2D eigenvalue weighted by Gasteiger charge is 2.01. The molecule has 2 N–H and O–H groups in total. The second kappa shape index (κ2) is 3.23. The molecule has 0 amide bonds. The summed E-state index contributed by atoms with van der Waals surface area (Å²) in [6.45, 7) is 0.165. The summed E-state index contributed by atoms with van der Waals surface area (Å²) in [5, 5.41) is 0. The van der Waals surface area contributed by atoms with Gasteiger partial charge in [0.25, 0.3) is 5.56 Å². The molecule has 0 fully saturated rings. The molecule has 0 aliphatic heterocycles. The largest absolute Gasteiger partial charge is 0.326 e. The Bertz CT molecular complexity index is 533. The second-order valence-electron chi connectivity index (χ2n) is 3.01. The summed E-state index contributed by atoms with van der Waals surface area (Å²) < 4.78 is 14.1. The van der Waals surface area contributed by atoms with Crippen LogP contribution >= 0.6 is 0 Å². The molecule has 0 radical (unpaired) electrons. The van der Waals surface area contributed by atoms with Gasteiger partial charge in [-0.25, -0.2) is 4.39 Å². The van der Waals surface area contributed by atoms with Crippen LogP contribution in [0.3, 0.4) is 0 Å². The first-order valence-corrected chi connectivity index (χ1v) is 4.22. The first-order chi connectivity index (χ1) is 6.72. The van der Waals surface area contributed by atoms with Crippen LogP contribution in [-0.4, -0.2) is 4.40 Å². The van der Waals surface area contributed by atoms with Gasteiger partial charge in [0.05, 0.1) is 0 Å². The summed E-state index contributed by atoms with van der Waals surface area (Å²) in [4.78, 5) is 11.6. The van der Waals surface area contributed by atoms with Crippen LogP contribution in [0.2, 0.25) is 0 Å². The summed E-state index contributed by atoms with van der Waals surface area (Å²) in [6.07, 6.45) is 1.16. The quantitative estimate of drug-likeness (QED) is 0.729. The van der Waals surface area contributed by atoms with Gasteiger partial charge < -0.3 is 5.73 Å². The van der Waals surface area contributed by atoms with Crippen LogP contribution in [0.25, 0.3) is 5.52 Å². The number of nitrogens with two attached hydrogens (primary N) is 1. The fraction of sp³-hybridized carbons (Fsp3) is 0.100. The van der Waals surface area contributed by atoms with Crippen LogP contribution in [0.4, 0.5) is 4.39 Å².